The molecule has 0 atom stereocenters. The minimum Gasteiger partial charge on any atom is -0.307 e. The van der Waals surface area contributed by atoms with E-state index in [1.54, 1.807) is 25.3 Å². The lowest BCUT2D eigenvalue weighted by molar-refractivity contribution is 0.610. The maximum absolute atomic E-state index is 13.3. The lowest BCUT2D eigenvalue weighted by Gasteiger charge is -2.05. The Kier molecular flexibility index (Phi) is 3.77. The fraction of sp³-hybridized carbons (Fsp3) is 0.231. The Hall–Kier alpha value is -1.81. The van der Waals surface area contributed by atoms with Crippen LogP contribution in [0.25, 0.3) is 0 Å². The van der Waals surface area contributed by atoms with Gasteiger partial charge in [0.2, 0.25) is 0 Å². The van der Waals surface area contributed by atoms with Crippen molar-refractivity contribution in [1.29, 1.82) is 0 Å². The third-order valence-corrected chi connectivity index (χ3v) is 2.50. The molecule has 0 unspecified atom stereocenters. The van der Waals surface area contributed by atoms with Gasteiger partial charge in [-0.05, 0) is 36.2 Å². The zero-order valence-electron chi connectivity index (χ0n) is 9.65. The van der Waals surface area contributed by atoms with Crippen molar-refractivity contribution in [3.63, 3.8) is 0 Å². The second-order valence-electron chi connectivity index (χ2n) is 3.90. The summed E-state index contributed by atoms with van der Waals surface area (Å²) < 4.78 is 13.3. The largest absolute Gasteiger partial charge is 0.307 e. The fourth-order valence-electron chi connectivity index (χ4n) is 1.51. The van der Waals surface area contributed by atoms with Crippen LogP contribution in [0.5, 0.6) is 0 Å². The molecule has 0 bridgehead atoms. The zero-order valence-corrected chi connectivity index (χ0v) is 9.65. The van der Waals surface area contributed by atoms with Gasteiger partial charge in [-0.3, -0.25) is 0 Å². The molecule has 2 aromatic rings. The van der Waals surface area contributed by atoms with Crippen molar-refractivity contribution in [2.24, 2.45) is 0 Å². The average Bonchev–Trinajstić information content (AvgIpc) is 2.35. The number of rotatable bonds is 4. The van der Waals surface area contributed by atoms with E-state index in [4.69, 9.17) is 0 Å². The number of aromatic nitrogens is 2. The standard InChI is InChI=1S/C13H14FN3/c1-10-4-5-11(7-13(10)14)8-15-9-12-3-2-6-16-17-12/h2-7,15H,8-9H2,1H3. The molecule has 1 aromatic carbocycles. The monoisotopic (exact) mass is 231 g/mol. The van der Waals surface area contributed by atoms with Crippen LogP contribution in [0.1, 0.15) is 16.8 Å². The molecule has 88 valence electrons. The Morgan fingerprint density at radius 3 is 2.82 bits per heavy atom. The lowest BCUT2D eigenvalue weighted by atomic mass is 10.1. The normalized spacial score (nSPS) is 10.5. The van der Waals surface area contributed by atoms with Gasteiger partial charge in [-0.1, -0.05) is 12.1 Å². The van der Waals surface area contributed by atoms with Gasteiger partial charge in [-0.25, -0.2) is 4.39 Å². The van der Waals surface area contributed by atoms with Gasteiger partial charge in [0.25, 0.3) is 0 Å². The highest BCUT2D eigenvalue weighted by Gasteiger charge is 1.99. The molecule has 0 aliphatic rings. The molecule has 0 saturated carbocycles. The molecule has 0 aliphatic carbocycles. The van der Waals surface area contributed by atoms with E-state index < -0.39 is 0 Å². The smallest absolute Gasteiger partial charge is 0.126 e. The van der Waals surface area contributed by atoms with E-state index in [2.05, 4.69) is 15.5 Å². The minimum absolute atomic E-state index is 0.163. The number of nitrogens with zero attached hydrogens (tertiary/aromatic N) is 2. The van der Waals surface area contributed by atoms with E-state index in [-0.39, 0.29) is 5.82 Å². The van der Waals surface area contributed by atoms with Gasteiger partial charge in [-0.2, -0.15) is 10.2 Å². The molecule has 17 heavy (non-hydrogen) atoms. The predicted molar refractivity (Wildman–Crippen MR) is 63.7 cm³/mol. The topological polar surface area (TPSA) is 37.8 Å². The van der Waals surface area contributed by atoms with Gasteiger partial charge < -0.3 is 5.32 Å². The highest BCUT2D eigenvalue weighted by Crippen LogP contribution is 2.08. The van der Waals surface area contributed by atoms with Crippen LogP contribution in [0, 0.1) is 12.7 Å². The van der Waals surface area contributed by atoms with E-state index >= 15 is 0 Å². The molecule has 2 rings (SSSR count). The first kappa shape index (κ1) is 11.7. The Bertz CT molecular complexity index is 485. The first-order chi connectivity index (χ1) is 8.25. The molecular formula is C13H14FN3. The van der Waals surface area contributed by atoms with Crippen LogP contribution in [-0.4, -0.2) is 10.2 Å². The molecular weight excluding hydrogens is 217 g/mol. The molecule has 0 radical (unpaired) electrons. The Balaban J connectivity index is 1.88. The van der Waals surface area contributed by atoms with Crippen LogP contribution < -0.4 is 5.32 Å². The van der Waals surface area contributed by atoms with Crippen molar-refractivity contribution in [2.75, 3.05) is 0 Å². The van der Waals surface area contributed by atoms with Crippen molar-refractivity contribution >= 4 is 0 Å². The van der Waals surface area contributed by atoms with Gasteiger partial charge in [0.05, 0.1) is 5.69 Å². The van der Waals surface area contributed by atoms with Crippen LogP contribution >= 0.6 is 0 Å². The molecule has 0 amide bonds. The Labute approximate surface area is 99.7 Å². The SMILES string of the molecule is Cc1ccc(CNCc2cccnn2)cc1F. The van der Waals surface area contributed by atoms with E-state index in [9.17, 15) is 4.39 Å². The Morgan fingerprint density at radius 2 is 2.12 bits per heavy atom. The van der Waals surface area contributed by atoms with Gasteiger partial charge in [-0.15, -0.1) is 0 Å². The number of benzene rings is 1. The number of hydrogen-bond acceptors (Lipinski definition) is 3. The number of aryl methyl sites for hydroxylation is 1. The maximum Gasteiger partial charge on any atom is 0.126 e. The second kappa shape index (κ2) is 5.50. The Morgan fingerprint density at radius 1 is 1.24 bits per heavy atom. The quantitative estimate of drug-likeness (QED) is 0.876. The number of halogens is 1. The van der Waals surface area contributed by atoms with Crippen LogP contribution in [0.4, 0.5) is 4.39 Å². The van der Waals surface area contributed by atoms with Crippen molar-refractivity contribution < 1.29 is 4.39 Å². The van der Waals surface area contributed by atoms with E-state index in [1.807, 2.05) is 18.2 Å². The van der Waals surface area contributed by atoms with Crippen molar-refractivity contribution in [3.05, 3.63) is 59.2 Å². The lowest BCUT2D eigenvalue weighted by Crippen LogP contribution is -2.14. The minimum atomic E-state index is -0.163. The maximum atomic E-state index is 13.3. The molecule has 1 heterocycles. The summed E-state index contributed by atoms with van der Waals surface area (Å²) in [6, 6.07) is 9.00. The highest BCUT2D eigenvalue weighted by molar-refractivity contribution is 5.23. The second-order valence-corrected chi connectivity index (χ2v) is 3.90. The third kappa shape index (κ3) is 3.32. The number of nitrogens with one attached hydrogen (secondary N) is 1. The van der Waals surface area contributed by atoms with Crippen LogP contribution in [0.3, 0.4) is 0 Å². The molecule has 3 nitrogen and oxygen atoms in total. The fourth-order valence-corrected chi connectivity index (χ4v) is 1.51. The summed E-state index contributed by atoms with van der Waals surface area (Å²) in [5, 5.41) is 10.9. The van der Waals surface area contributed by atoms with Crippen LogP contribution in [0.2, 0.25) is 0 Å². The summed E-state index contributed by atoms with van der Waals surface area (Å²) in [4.78, 5) is 0. The molecule has 0 spiro atoms. The van der Waals surface area contributed by atoms with Gasteiger partial charge >= 0.3 is 0 Å². The first-order valence-corrected chi connectivity index (χ1v) is 5.48. The molecule has 4 heteroatoms. The summed E-state index contributed by atoms with van der Waals surface area (Å²) in [6.07, 6.45) is 1.64. The highest BCUT2D eigenvalue weighted by atomic mass is 19.1. The first-order valence-electron chi connectivity index (χ1n) is 5.48. The van der Waals surface area contributed by atoms with E-state index in [0.717, 1.165) is 11.3 Å². The summed E-state index contributed by atoms with van der Waals surface area (Å²) in [5.41, 5.74) is 2.47. The summed E-state index contributed by atoms with van der Waals surface area (Å²) in [5.74, 6) is -0.163. The van der Waals surface area contributed by atoms with Crippen LogP contribution in [-0.2, 0) is 13.1 Å². The molecule has 0 saturated heterocycles. The molecule has 1 aromatic heterocycles. The van der Waals surface area contributed by atoms with Gasteiger partial charge in [0.15, 0.2) is 0 Å². The summed E-state index contributed by atoms with van der Waals surface area (Å²) in [6.45, 7) is 3.00. The molecule has 0 fully saturated rings. The molecule has 1 N–H and O–H groups in total. The van der Waals surface area contributed by atoms with Crippen molar-refractivity contribution in [3.8, 4) is 0 Å². The predicted octanol–water partition coefficient (Wildman–Crippen LogP) is 2.21. The van der Waals surface area contributed by atoms with Crippen molar-refractivity contribution in [1.82, 2.24) is 15.5 Å². The van der Waals surface area contributed by atoms with E-state index in [1.165, 1.54) is 0 Å². The summed E-state index contributed by atoms with van der Waals surface area (Å²) >= 11 is 0. The van der Waals surface area contributed by atoms with Gasteiger partial charge in [0, 0.05) is 19.3 Å². The average molecular weight is 231 g/mol. The van der Waals surface area contributed by atoms with Crippen molar-refractivity contribution in [2.45, 2.75) is 20.0 Å². The van der Waals surface area contributed by atoms with Crippen LogP contribution in [0.15, 0.2) is 36.5 Å². The van der Waals surface area contributed by atoms with Gasteiger partial charge in [0.1, 0.15) is 5.82 Å². The number of hydrogen-bond donors (Lipinski definition) is 1. The van der Waals surface area contributed by atoms with E-state index in [0.29, 0.717) is 18.7 Å². The summed E-state index contributed by atoms with van der Waals surface area (Å²) in [7, 11) is 0. The third-order valence-electron chi connectivity index (χ3n) is 2.50. The zero-order chi connectivity index (χ0) is 12.1. The molecule has 0 aliphatic heterocycles.